The van der Waals surface area contributed by atoms with Crippen LogP contribution in [0.2, 0.25) is 0 Å². The number of aromatic amines is 1. The van der Waals surface area contributed by atoms with E-state index >= 15 is 0 Å². The fourth-order valence-corrected chi connectivity index (χ4v) is 6.88. The van der Waals surface area contributed by atoms with Crippen LogP contribution in [0.25, 0.3) is 21.6 Å². The highest BCUT2D eigenvalue weighted by molar-refractivity contribution is 7.13. The third-order valence-electron chi connectivity index (χ3n) is 8.82. The van der Waals surface area contributed by atoms with Crippen molar-refractivity contribution in [2.45, 2.75) is 83.7 Å². The van der Waals surface area contributed by atoms with Crippen LogP contribution in [-0.4, -0.2) is 95.2 Å². The van der Waals surface area contributed by atoms with Gasteiger partial charge in [-0.1, -0.05) is 50.1 Å². The number of para-hydroxylation sites is 2. The van der Waals surface area contributed by atoms with Gasteiger partial charge in [0.05, 0.1) is 22.5 Å². The fourth-order valence-electron chi connectivity index (χ4n) is 6.18. The van der Waals surface area contributed by atoms with Gasteiger partial charge in [-0.25, -0.2) is 14.8 Å². The lowest BCUT2D eigenvalue weighted by molar-refractivity contribution is -0.142. The number of thiophene rings is 1. The van der Waals surface area contributed by atoms with Crippen molar-refractivity contribution in [1.82, 2.24) is 46.1 Å². The SMILES string of the molecule is C=C[C@@H]1C[C@]1(NC(=O)[C@@H]1C[C@@H](Oc2nc3ccccc3nc2-c2cccs2)CN1C(=O)[C@@H](NC(=O)OC(C)(C)C)C(C)(C)C)C(=O)Nc1nn[nH]n1. The number of ether oxygens (including phenoxy) is 2. The second-order valence-corrected chi connectivity index (χ2v) is 15.9. The Kier molecular flexibility index (Phi) is 9.74. The van der Waals surface area contributed by atoms with Gasteiger partial charge in [0.25, 0.3) is 11.9 Å². The van der Waals surface area contributed by atoms with Crippen molar-refractivity contribution < 1.29 is 28.7 Å². The molecule has 1 aromatic carbocycles. The van der Waals surface area contributed by atoms with E-state index in [1.807, 2.05) is 41.8 Å². The lowest BCUT2D eigenvalue weighted by Gasteiger charge is -2.36. The zero-order chi connectivity index (χ0) is 37.4. The van der Waals surface area contributed by atoms with Crippen molar-refractivity contribution in [2.75, 3.05) is 11.9 Å². The van der Waals surface area contributed by atoms with Crippen LogP contribution in [0.5, 0.6) is 5.88 Å². The molecule has 2 aliphatic rings. The number of aromatic nitrogens is 6. The van der Waals surface area contributed by atoms with Crippen LogP contribution in [0.4, 0.5) is 10.7 Å². The van der Waals surface area contributed by atoms with Crippen molar-refractivity contribution in [2.24, 2.45) is 11.3 Å². The van der Waals surface area contributed by atoms with E-state index in [-0.39, 0.29) is 31.2 Å². The van der Waals surface area contributed by atoms with Crippen LogP contribution in [0, 0.1) is 11.3 Å². The third-order valence-corrected chi connectivity index (χ3v) is 9.69. The highest BCUT2D eigenvalue weighted by atomic mass is 32.1. The Morgan fingerprint density at radius 3 is 2.40 bits per heavy atom. The van der Waals surface area contributed by atoms with E-state index in [4.69, 9.17) is 19.4 Å². The van der Waals surface area contributed by atoms with E-state index in [2.05, 4.69) is 43.2 Å². The van der Waals surface area contributed by atoms with E-state index in [1.165, 1.54) is 16.2 Å². The number of carbonyl (C=O) groups is 4. The maximum absolute atomic E-state index is 14.6. The number of benzene rings is 1. The molecule has 274 valence electrons. The van der Waals surface area contributed by atoms with Gasteiger partial charge in [0.1, 0.15) is 35.0 Å². The first-order chi connectivity index (χ1) is 24.6. The Balaban J connectivity index is 1.32. The number of carbonyl (C=O) groups excluding carboxylic acids is 4. The number of H-pyrrole nitrogens is 1. The molecule has 3 aromatic heterocycles. The number of tetrazole rings is 1. The standard InChI is InChI=1S/C35H42N10O6S/c1-8-19-17-35(19,30(48)39-31-41-43-44-42-31)40-27(46)23-16-20(18-45(23)29(47)26(33(2,3)4)38-32(49)51-34(5,6)7)50-28-25(24-14-11-15-52-24)36-21-12-9-10-13-22(21)37-28/h8-15,19-20,23,26H,1,16-18H2,2-7H3,(H,38,49)(H,40,46)(H2,39,41,42,43,44,48)/t19-,20-,23+,26-,35-/m1/s1. The van der Waals surface area contributed by atoms with E-state index < -0.39 is 64.5 Å². The first-order valence-corrected chi connectivity index (χ1v) is 17.7. The van der Waals surface area contributed by atoms with Gasteiger partial charge in [-0.15, -0.1) is 23.0 Å². The first-order valence-electron chi connectivity index (χ1n) is 16.8. The van der Waals surface area contributed by atoms with Gasteiger partial charge in [-0.05, 0) is 61.4 Å². The molecule has 4 N–H and O–H groups in total. The van der Waals surface area contributed by atoms with Crippen molar-refractivity contribution in [3.8, 4) is 16.5 Å². The summed E-state index contributed by atoms with van der Waals surface area (Å²) in [6.07, 6.45) is 0.429. The van der Waals surface area contributed by atoms with Crippen LogP contribution >= 0.6 is 11.3 Å². The molecule has 4 heterocycles. The summed E-state index contributed by atoms with van der Waals surface area (Å²) in [6, 6.07) is 9.06. The van der Waals surface area contributed by atoms with E-state index in [1.54, 1.807) is 47.6 Å². The normalized spacial score (nSPS) is 22.0. The maximum atomic E-state index is 14.6. The maximum Gasteiger partial charge on any atom is 0.408 e. The number of amides is 4. The van der Waals surface area contributed by atoms with Crippen LogP contribution < -0.4 is 20.7 Å². The molecule has 0 spiro atoms. The molecule has 1 aliphatic carbocycles. The molecule has 52 heavy (non-hydrogen) atoms. The fraction of sp³-hybridized carbons (Fsp3) is 0.457. The lowest BCUT2D eigenvalue weighted by atomic mass is 9.85. The molecular weight excluding hydrogens is 689 g/mol. The van der Waals surface area contributed by atoms with Crippen LogP contribution in [-0.2, 0) is 19.1 Å². The average molecular weight is 731 g/mol. The van der Waals surface area contributed by atoms with Crippen LogP contribution in [0.1, 0.15) is 54.4 Å². The monoisotopic (exact) mass is 730 g/mol. The highest BCUT2D eigenvalue weighted by Gasteiger charge is 2.61. The molecule has 16 nitrogen and oxygen atoms in total. The predicted molar refractivity (Wildman–Crippen MR) is 192 cm³/mol. The van der Waals surface area contributed by atoms with E-state index in [0.29, 0.717) is 16.7 Å². The number of anilines is 1. The summed E-state index contributed by atoms with van der Waals surface area (Å²) in [7, 11) is 0. The molecule has 5 atom stereocenters. The minimum atomic E-state index is -1.36. The Hall–Kier alpha value is -5.45. The zero-order valence-electron chi connectivity index (χ0n) is 29.8. The minimum absolute atomic E-state index is 0.0230. The topological polar surface area (TPSA) is 206 Å². The second kappa shape index (κ2) is 13.9. The van der Waals surface area contributed by atoms with Crippen molar-refractivity contribution in [1.29, 1.82) is 0 Å². The van der Waals surface area contributed by atoms with Crippen LogP contribution in [0.15, 0.2) is 54.4 Å². The van der Waals surface area contributed by atoms with Gasteiger partial charge in [-0.2, -0.15) is 5.21 Å². The summed E-state index contributed by atoms with van der Waals surface area (Å²) in [5, 5.41) is 23.4. The highest BCUT2D eigenvalue weighted by Crippen LogP contribution is 2.45. The van der Waals surface area contributed by atoms with Gasteiger partial charge in [-0.3, -0.25) is 19.7 Å². The average Bonchev–Trinajstić information content (AvgIpc) is 3.56. The zero-order valence-corrected chi connectivity index (χ0v) is 30.6. The predicted octanol–water partition coefficient (Wildman–Crippen LogP) is 3.86. The largest absolute Gasteiger partial charge is 0.471 e. The Bertz CT molecular complexity index is 1970. The Labute approximate surface area is 304 Å². The van der Waals surface area contributed by atoms with Crippen molar-refractivity contribution in [3.63, 3.8) is 0 Å². The molecule has 0 unspecified atom stereocenters. The van der Waals surface area contributed by atoms with Crippen molar-refractivity contribution in [3.05, 3.63) is 54.4 Å². The van der Waals surface area contributed by atoms with Gasteiger partial charge in [0.15, 0.2) is 0 Å². The Morgan fingerprint density at radius 1 is 1.08 bits per heavy atom. The summed E-state index contributed by atoms with van der Waals surface area (Å²) < 4.78 is 12.0. The summed E-state index contributed by atoms with van der Waals surface area (Å²) in [4.78, 5) is 67.2. The molecule has 1 saturated carbocycles. The van der Waals surface area contributed by atoms with Crippen LogP contribution in [0.3, 0.4) is 0 Å². The molecule has 0 radical (unpaired) electrons. The molecule has 4 aromatic rings. The molecule has 4 amide bonds. The number of hydrogen-bond donors (Lipinski definition) is 4. The lowest BCUT2D eigenvalue weighted by Crippen LogP contribution is -2.59. The Morgan fingerprint density at radius 2 is 1.81 bits per heavy atom. The van der Waals surface area contributed by atoms with Gasteiger partial charge >= 0.3 is 6.09 Å². The summed E-state index contributed by atoms with van der Waals surface area (Å²) in [6.45, 7) is 14.4. The van der Waals surface area contributed by atoms with E-state index in [9.17, 15) is 19.2 Å². The number of nitrogens with one attached hydrogen (secondary N) is 4. The second-order valence-electron chi connectivity index (χ2n) is 15.0. The third kappa shape index (κ3) is 7.73. The van der Waals surface area contributed by atoms with Gasteiger partial charge in [0.2, 0.25) is 17.7 Å². The minimum Gasteiger partial charge on any atom is -0.471 e. The summed E-state index contributed by atoms with van der Waals surface area (Å²) >= 11 is 1.48. The quantitative estimate of drug-likeness (QED) is 0.172. The summed E-state index contributed by atoms with van der Waals surface area (Å²) in [5.74, 6) is -1.85. The number of nitrogens with zero attached hydrogens (tertiary/aromatic N) is 6. The van der Waals surface area contributed by atoms with Gasteiger partial charge in [0, 0.05) is 12.3 Å². The van der Waals surface area contributed by atoms with Crippen molar-refractivity contribution >= 4 is 52.1 Å². The smallest absolute Gasteiger partial charge is 0.408 e. The number of hydrogen-bond acceptors (Lipinski definition) is 12. The van der Waals surface area contributed by atoms with E-state index in [0.717, 1.165) is 4.88 Å². The number of likely N-dealkylation sites (tertiary alicyclic amines) is 1. The van der Waals surface area contributed by atoms with Gasteiger partial charge < -0.3 is 25.0 Å². The molecule has 1 saturated heterocycles. The molecule has 1 aliphatic heterocycles. The number of rotatable bonds is 10. The number of alkyl carbamates (subject to hydrolysis) is 1. The first kappa shape index (κ1) is 36.3. The molecular formula is C35H42N10O6S. The molecule has 6 rings (SSSR count). The molecule has 0 bridgehead atoms. The summed E-state index contributed by atoms with van der Waals surface area (Å²) in [5.41, 5.74) is -1.13. The molecule has 17 heteroatoms. The molecule has 2 fully saturated rings. The number of fused-ring (bicyclic) bond motifs is 1.